The summed E-state index contributed by atoms with van der Waals surface area (Å²) < 4.78 is 6.92. The van der Waals surface area contributed by atoms with Crippen LogP contribution >= 0.6 is 11.6 Å². The molecule has 0 radical (unpaired) electrons. The van der Waals surface area contributed by atoms with E-state index >= 15 is 0 Å². The van der Waals surface area contributed by atoms with Crippen molar-refractivity contribution in [3.05, 3.63) is 65.4 Å². The van der Waals surface area contributed by atoms with Gasteiger partial charge in [-0.3, -0.25) is 4.57 Å². The van der Waals surface area contributed by atoms with Crippen LogP contribution < -0.4 is 4.74 Å². The number of benzene rings is 2. The molecule has 0 bridgehead atoms. The van der Waals surface area contributed by atoms with Crippen LogP contribution in [0.3, 0.4) is 0 Å². The highest BCUT2D eigenvalue weighted by atomic mass is 35.5. The molecule has 3 rings (SSSR count). The molecule has 6 heteroatoms. The van der Waals surface area contributed by atoms with Crippen LogP contribution in [0.25, 0.3) is 17.1 Å². The van der Waals surface area contributed by atoms with Gasteiger partial charge in [0.2, 0.25) is 0 Å². The first-order chi connectivity index (χ1) is 11.1. The minimum Gasteiger partial charge on any atom is -0.497 e. The molecule has 5 nitrogen and oxygen atoms in total. The zero-order chi connectivity index (χ0) is 16.4. The lowest BCUT2D eigenvalue weighted by molar-refractivity contribution is 0.0691. The molecule has 23 heavy (non-hydrogen) atoms. The van der Waals surface area contributed by atoms with E-state index in [0.717, 1.165) is 11.3 Å². The molecule has 0 aliphatic rings. The second-order valence-electron chi connectivity index (χ2n) is 4.84. The lowest BCUT2D eigenvalue weighted by Gasteiger charge is -2.09. The molecule has 0 amide bonds. The van der Waals surface area contributed by atoms with Crippen LogP contribution in [0.15, 0.2) is 54.7 Å². The Morgan fingerprint density at radius 3 is 2.70 bits per heavy atom. The Morgan fingerprint density at radius 1 is 1.22 bits per heavy atom. The van der Waals surface area contributed by atoms with Gasteiger partial charge in [0.1, 0.15) is 11.6 Å². The van der Waals surface area contributed by atoms with Gasteiger partial charge >= 0.3 is 5.97 Å². The summed E-state index contributed by atoms with van der Waals surface area (Å²) in [5, 5.41) is 9.81. The molecule has 1 heterocycles. The molecule has 2 aromatic carbocycles. The maximum absolute atomic E-state index is 11.3. The Kier molecular flexibility index (Phi) is 4.04. The van der Waals surface area contributed by atoms with Crippen molar-refractivity contribution in [2.75, 3.05) is 7.11 Å². The largest absolute Gasteiger partial charge is 0.497 e. The van der Waals surface area contributed by atoms with E-state index < -0.39 is 5.97 Å². The number of methoxy groups -OCH3 is 1. The van der Waals surface area contributed by atoms with Gasteiger partial charge in [-0.05, 0) is 30.3 Å². The van der Waals surface area contributed by atoms with Crippen LogP contribution in [-0.4, -0.2) is 27.7 Å². The van der Waals surface area contributed by atoms with Crippen LogP contribution in [0.5, 0.6) is 5.75 Å². The molecule has 0 aliphatic carbocycles. The Hall–Kier alpha value is -2.79. The van der Waals surface area contributed by atoms with Gasteiger partial charge in [0.15, 0.2) is 5.69 Å². The van der Waals surface area contributed by atoms with Gasteiger partial charge in [-0.1, -0.05) is 29.8 Å². The van der Waals surface area contributed by atoms with Crippen molar-refractivity contribution >= 4 is 17.6 Å². The molecular weight excluding hydrogens is 316 g/mol. The predicted octanol–water partition coefficient (Wildman–Crippen LogP) is 3.90. The van der Waals surface area contributed by atoms with Crippen molar-refractivity contribution in [2.24, 2.45) is 0 Å². The van der Waals surface area contributed by atoms with Gasteiger partial charge in [-0.15, -0.1) is 0 Å². The number of hydrogen-bond acceptors (Lipinski definition) is 3. The average molecular weight is 329 g/mol. The molecule has 1 aromatic heterocycles. The summed E-state index contributed by atoms with van der Waals surface area (Å²) >= 11 is 6.04. The Labute approximate surface area is 137 Å². The molecule has 0 atom stereocenters. The molecule has 3 aromatic rings. The number of hydrogen-bond donors (Lipinski definition) is 1. The standard InChI is InChI=1S/C17H13ClN2O3/c1-23-14-7-2-4-11(8-14)16-19-15(17(21)22)10-20(16)13-6-3-5-12(18)9-13/h2-10H,1H3,(H,21,22). The number of aromatic carboxylic acids is 1. The van der Waals surface area contributed by atoms with Crippen molar-refractivity contribution in [1.82, 2.24) is 9.55 Å². The molecule has 0 aliphatic heterocycles. The third-order valence-electron chi connectivity index (χ3n) is 3.34. The lowest BCUT2D eigenvalue weighted by Crippen LogP contribution is -1.96. The van der Waals surface area contributed by atoms with Crippen molar-refractivity contribution in [1.29, 1.82) is 0 Å². The molecule has 0 saturated carbocycles. The molecule has 0 spiro atoms. The topological polar surface area (TPSA) is 64.3 Å². The minimum atomic E-state index is -1.09. The van der Waals surface area contributed by atoms with E-state index in [9.17, 15) is 9.90 Å². The summed E-state index contributed by atoms with van der Waals surface area (Å²) in [5.74, 6) is 0.0820. The summed E-state index contributed by atoms with van der Waals surface area (Å²) in [6, 6.07) is 14.4. The second kappa shape index (κ2) is 6.14. The maximum Gasteiger partial charge on any atom is 0.356 e. The van der Waals surface area contributed by atoms with E-state index in [0.29, 0.717) is 16.6 Å². The summed E-state index contributed by atoms with van der Waals surface area (Å²) in [7, 11) is 1.57. The van der Waals surface area contributed by atoms with Crippen molar-refractivity contribution < 1.29 is 14.6 Å². The summed E-state index contributed by atoms with van der Waals surface area (Å²) in [6.07, 6.45) is 1.48. The smallest absolute Gasteiger partial charge is 0.356 e. The van der Waals surface area contributed by atoms with Crippen LogP contribution in [-0.2, 0) is 0 Å². The van der Waals surface area contributed by atoms with Gasteiger partial charge in [-0.2, -0.15) is 0 Å². The number of rotatable bonds is 4. The lowest BCUT2D eigenvalue weighted by atomic mass is 10.2. The van der Waals surface area contributed by atoms with Gasteiger partial charge in [0.05, 0.1) is 7.11 Å². The number of carboxylic acids is 1. The summed E-state index contributed by atoms with van der Waals surface area (Å²) in [4.78, 5) is 15.5. The van der Waals surface area contributed by atoms with Crippen molar-refractivity contribution in [2.45, 2.75) is 0 Å². The highest BCUT2D eigenvalue weighted by Gasteiger charge is 2.16. The second-order valence-corrected chi connectivity index (χ2v) is 5.27. The minimum absolute atomic E-state index is 0.0391. The number of aromatic nitrogens is 2. The van der Waals surface area contributed by atoms with Gasteiger partial charge in [0.25, 0.3) is 0 Å². The highest BCUT2D eigenvalue weighted by molar-refractivity contribution is 6.30. The van der Waals surface area contributed by atoms with Crippen LogP contribution in [0.1, 0.15) is 10.5 Å². The van der Waals surface area contributed by atoms with Crippen LogP contribution in [0.2, 0.25) is 5.02 Å². The molecule has 0 fully saturated rings. The van der Waals surface area contributed by atoms with E-state index in [2.05, 4.69) is 4.98 Å². The highest BCUT2D eigenvalue weighted by Crippen LogP contribution is 2.27. The predicted molar refractivity (Wildman–Crippen MR) is 87.5 cm³/mol. The average Bonchev–Trinajstić information content (AvgIpc) is 3.00. The van der Waals surface area contributed by atoms with Crippen LogP contribution in [0, 0.1) is 0 Å². The first-order valence-corrected chi connectivity index (χ1v) is 7.19. The Morgan fingerprint density at radius 2 is 2.00 bits per heavy atom. The zero-order valence-electron chi connectivity index (χ0n) is 12.2. The van der Waals surface area contributed by atoms with E-state index in [1.54, 1.807) is 35.9 Å². The number of nitrogens with zero attached hydrogens (tertiary/aromatic N) is 2. The third kappa shape index (κ3) is 3.05. The molecule has 1 N–H and O–H groups in total. The fourth-order valence-electron chi connectivity index (χ4n) is 2.27. The van der Waals surface area contributed by atoms with E-state index in [4.69, 9.17) is 16.3 Å². The number of carboxylic acid groups (broad SMARTS) is 1. The number of ether oxygens (including phenoxy) is 1. The summed E-state index contributed by atoms with van der Waals surface area (Å²) in [6.45, 7) is 0. The van der Waals surface area contributed by atoms with Gasteiger partial charge in [-0.25, -0.2) is 9.78 Å². The normalized spacial score (nSPS) is 10.5. The monoisotopic (exact) mass is 328 g/mol. The molecule has 0 saturated heterocycles. The van der Waals surface area contributed by atoms with Crippen molar-refractivity contribution in [3.63, 3.8) is 0 Å². The van der Waals surface area contributed by atoms with E-state index in [-0.39, 0.29) is 5.69 Å². The Balaban J connectivity index is 2.20. The van der Waals surface area contributed by atoms with E-state index in [1.807, 2.05) is 24.3 Å². The van der Waals surface area contributed by atoms with Crippen LogP contribution in [0.4, 0.5) is 0 Å². The van der Waals surface area contributed by atoms with Gasteiger partial charge in [0, 0.05) is 22.5 Å². The van der Waals surface area contributed by atoms with E-state index in [1.165, 1.54) is 6.20 Å². The number of halogens is 1. The van der Waals surface area contributed by atoms with Gasteiger partial charge < -0.3 is 9.84 Å². The fourth-order valence-corrected chi connectivity index (χ4v) is 2.46. The SMILES string of the molecule is COc1cccc(-c2nc(C(=O)O)cn2-c2cccc(Cl)c2)c1. The molecule has 116 valence electrons. The first-order valence-electron chi connectivity index (χ1n) is 6.81. The maximum atomic E-state index is 11.3. The Bertz CT molecular complexity index is 874. The van der Waals surface area contributed by atoms with Crippen molar-refractivity contribution in [3.8, 4) is 22.8 Å². The number of imidazole rings is 1. The molecular formula is C17H13ClN2O3. The fraction of sp³-hybridized carbons (Fsp3) is 0.0588. The zero-order valence-corrected chi connectivity index (χ0v) is 13.0. The summed E-state index contributed by atoms with van der Waals surface area (Å²) in [5.41, 5.74) is 1.44. The number of carbonyl (C=O) groups is 1. The molecule has 0 unspecified atom stereocenters. The first kappa shape index (κ1) is 15.1. The third-order valence-corrected chi connectivity index (χ3v) is 3.57. The quantitative estimate of drug-likeness (QED) is 0.789.